The fraction of sp³-hybridized carbons (Fsp3) is 0.556. The van der Waals surface area contributed by atoms with Gasteiger partial charge in [0.05, 0.1) is 0 Å². The lowest BCUT2D eigenvalue weighted by molar-refractivity contribution is 0.186. The zero-order chi connectivity index (χ0) is 23.5. The molecular weight excluding hydrogens is 422 g/mol. The molecule has 7 heteroatoms. The van der Waals surface area contributed by atoms with E-state index < -0.39 is 5.79 Å². The van der Waals surface area contributed by atoms with Crippen LogP contribution in [0.15, 0.2) is 52.4 Å². The van der Waals surface area contributed by atoms with E-state index in [1.807, 2.05) is 0 Å². The van der Waals surface area contributed by atoms with Crippen molar-refractivity contribution in [3.8, 4) is 0 Å². The van der Waals surface area contributed by atoms with E-state index >= 15 is 0 Å². The van der Waals surface area contributed by atoms with Crippen LogP contribution < -0.4 is 16.4 Å². The quantitative estimate of drug-likeness (QED) is 0.598. The fourth-order valence-corrected chi connectivity index (χ4v) is 5.61. The van der Waals surface area contributed by atoms with Gasteiger partial charge in [0.2, 0.25) is 17.7 Å². The topological polar surface area (TPSA) is 81.3 Å². The van der Waals surface area contributed by atoms with Gasteiger partial charge in [0, 0.05) is 24.7 Å². The number of guanidine groups is 2. The average Bonchev–Trinajstić information content (AvgIpc) is 3.14. The van der Waals surface area contributed by atoms with Crippen LogP contribution in [0.3, 0.4) is 0 Å². The summed E-state index contributed by atoms with van der Waals surface area (Å²) in [4.78, 5) is 14.8. The molecule has 34 heavy (non-hydrogen) atoms. The minimum Gasteiger partial charge on any atom is -0.343 e. The van der Waals surface area contributed by atoms with Crippen LogP contribution >= 0.6 is 0 Å². The summed E-state index contributed by atoms with van der Waals surface area (Å²) in [5.41, 5.74) is 8.02. The van der Waals surface area contributed by atoms with E-state index in [0.29, 0.717) is 12.0 Å². The van der Waals surface area contributed by atoms with Crippen molar-refractivity contribution < 1.29 is 0 Å². The Morgan fingerprint density at radius 2 is 1.68 bits per heavy atom. The Kier molecular flexibility index (Phi) is 6.75. The summed E-state index contributed by atoms with van der Waals surface area (Å²) >= 11 is 0. The highest BCUT2D eigenvalue weighted by Crippen LogP contribution is 2.34. The molecule has 2 heterocycles. The second-order valence-corrected chi connectivity index (χ2v) is 10.3. The molecule has 1 atom stereocenters. The summed E-state index contributed by atoms with van der Waals surface area (Å²) in [6.07, 6.45) is 9.38. The van der Waals surface area contributed by atoms with E-state index in [9.17, 15) is 0 Å². The molecule has 4 N–H and O–H groups in total. The minimum atomic E-state index is -0.941. The van der Waals surface area contributed by atoms with Crippen molar-refractivity contribution >= 4 is 28.4 Å². The number of likely N-dealkylation sites (tertiary alicyclic amines) is 1. The van der Waals surface area contributed by atoms with Crippen molar-refractivity contribution in [2.75, 3.05) is 32.5 Å². The molecule has 5 rings (SSSR count). The molecule has 1 unspecified atom stereocenters. The Hall–Kier alpha value is -2.64. The molecule has 182 valence electrons. The molecule has 0 aromatic heterocycles. The molecule has 2 aromatic carbocycles. The van der Waals surface area contributed by atoms with Gasteiger partial charge in [-0.3, -0.25) is 11.1 Å². The Balaban J connectivity index is 1.43. The van der Waals surface area contributed by atoms with E-state index in [0.717, 1.165) is 50.4 Å². The third-order valence-corrected chi connectivity index (χ3v) is 7.84. The van der Waals surface area contributed by atoms with Gasteiger partial charge < -0.3 is 15.1 Å². The second kappa shape index (κ2) is 9.92. The SMILES string of the molecule is CN1CCC(N(C)C2=NC(N)(C3CCCCCC3)N=C(Nc3ccc4ccccc4c3)N2)CC1. The lowest BCUT2D eigenvalue weighted by atomic mass is 9.93. The molecule has 2 aromatic rings. The van der Waals surface area contributed by atoms with E-state index in [2.05, 4.69) is 77.0 Å². The van der Waals surface area contributed by atoms with Crippen LogP contribution in [0.2, 0.25) is 0 Å². The number of fused-ring (bicyclic) bond motifs is 1. The van der Waals surface area contributed by atoms with Gasteiger partial charge in [0.15, 0.2) is 0 Å². The highest BCUT2D eigenvalue weighted by molar-refractivity contribution is 6.07. The lowest BCUT2D eigenvalue weighted by Crippen LogP contribution is -2.58. The summed E-state index contributed by atoms with van der Waals surface area (Å²) in [7, 11) is 4.34. The maximum absolute atomic E-state index is 7.03. The molecule has 0 radical (unpaired) electrons. The Morgan fingerprint density at radius 1 is 0.971 bits per heavy atom. The molecule has 0 bridgehead atoms. The summed E-state index contributed by atoms with van der Waals surface area (Å²) in [5, 5.41) is 9.43. The minimum absolute atomic E-state index is 0.256. The molecule has 2 fully saturated rings. The summed E-state index contributed by atoms with van der Waals surface area (Å²) in [5.74, 6) is 0.835. The first-order chi connectivity index (χ1) is 16.5. The number of benzene rings is 2. The maximum atomic E-state index is 7.03. The number of hydrogen-bond donors (Lipinski definition) is 3. The molecule has 1 saturated carbocycles. The first-order valence-corrected chi connectivity index (χ1v) is 12.9. The van der Waals surface area contributed by atoms with Gasteiger partial charge in [-0.2, -0.15) is 0 Å². The van der Waals surface area contributed by atoms with Gasteiger partial charge in [-0.25, -0.2) is 9.98 Å². The molecule has 1 aliphatic carbocycles. The lowest BCUT2D eigenvalue weighted by Gasteiger charge is -2.41. The number of anilines is 1. The third kappa shape index (κ3) is 5.05. The number of aliphatic imine (C=N–C) groups is 2. The number of nitrogens with zero attached hydrogens (tertiary/aromatic N) is 4. The van der Waals surface area contributed by atoms with Gasteiger partial charge in [0.25, 0.3) is 0 Å². The van der Waals surface area contributed by atoms with Gasteiger partial charge >= 0.3 is 0 Å². The Bertz CT molecular complexity index is 1050. The average molecular weight is 462 g/mol. The molecule has 0 amide bonds. The highest BCUT2D eigenvalue weighted by atomic mass is 15.4. The predicted molar refractivity (Wildman–Crippen MR) is 142 cm³/mol. The van der Waals surface area contributed by atoms with Crippen LogP contribution in [0.4, 0.5) is 5.69 Å². The van der Waals surface area contributed by atoms with Gasteiger partial charge in [-0.05, 0) is 68.7 Å². The number of piperidine rings is 1. The zero-order valence-electron chi connectivity index (χ0n) is 20.6. The van der Waals surface area contributed by atoms with Crippen molar-refractivity contribution in [3.63, 3.8) is 0 Å². The van der Waals surface area contributed by atoms with Crippen LogP contribution in [-0.4, -0.2) is 60.7 Å². The monoisotopic (exact) mass is 461 g/mol. The first-order valence-electron chi connectivity index (χ1n) is 12.9. The Labute approximate surface area is 203 Å². The van der Waals surface area contributed by atoms with Crippen molar-refractivity contribution in [1.82, 2.24) is 15.1 Å². The van der Waals surface area contributed by atoms with E-state index in [-0.39, 0.29) is 5.92 Å². The predicted octanol–water partition coefficient (Wildman–Crippen LogP) is 4.18. The van der Waals surface area contributed by atoms with Crippen molar-refractivity contribution in [2.45, 2.75) is 63.2 Å². The van der Waals surface area contributed by atoms with E-state index in [1.54, 1.807) is 0 Å². The van der Waals surface area contributed by atoms with Crippen LogP contribution in [0.5, 0.6) is 0 Å². The largest absolute Gasteiger partial charge is 0.343 e. The first kappa shape index (κ1) is 23.1. The number of rotatable bonds is 3. The van der Waals surface area contributed by atoms with Crippen molar-refractivity contribution in [3.05, 3.63) is 42.5 Å². The van der Waals surface area contributed by atoms with Crippen molar-refractivity contribution in [2.24, 2.45) is 21.6 Å². The molecule has 7 nitrogen and oxygen atoms in total. The summed E-state index contributed by atoms with van der Waals surface area (Å²) in [6, 6.07) is 15.3. The van der Waals surface area contributed by atoms with Crippen LogP contribution in [0.1, 0.15) is 51.4 Å². The van der Waals surface area contributed by atoms with Gasteiger partial charge in [0.1, 0.15) is 0 Å². The Morgan fingerprint density at radius 3 is 2.41 bits per heavy atom. The maximum Gasteiger partial charge on any atom is 0.212 e. The molecular formula is C27H39N7. The van der Waals surface area contributed by atoms with Crippen LogP contribution in [0.25, 0.3) is 10.8 Å². The highest BCUT2D eigenvalue weighted by Gasteiger charge is 2.39. The number of nitrogens with one attached hydrogen (secondary N) is 2. The second-order valence-electron chi connectivity index (χ2n) is 10.3. The fourth-order valence-electron chi connectivity index (χ4n) is 5.61. The molecule has 1 saturated heterocycles. The summed E-state index contributed by atoms with van der Waals surface area (Å²) in [6.45, 7) is 2.21. The zero-order valence-corrected chi connectivity index (χ0v) is 20.6. The standard InChI is InChI=1S/C27H39N7/c1-33-17-15-24(16-18-33)34(2)26-30-25(29-23-14-13-20-9-7-8-10-21(20)19-23)31-27(28,32-26)22-11-5-3-4-6-12-22/h7-10,13-14,19,22,24H,3-6,11-12,15-18,28H2,1-2H3,(H2,29,30,31,32). The van der Waals surface area contributed by atoms with Gasteiger partial charge in [-0.1, -0.05) is 56.0 Å². The smallest absolute Gasteiger partial charge is 0.212 e. The van der Waals surface area contributed by atoms with Gasteiger partial charge in [-0.15, -0.1) is 0 Å². The summed E-state index contributed by atoms with van der Waals surface area (Å²) < 4.78 is 0. The number of hydrogen-bond acceptors (Lipinski definition) is 7. The molecule has 2 aliphatic heterocycles. The van der Waals surface area contributed by atoms with Crippen LogP contribution in [-0.2, 0) is 0 Å². The molecule has 3 aliphatic rings. The van der Waals surface area contributed by atoms with Crippen LogP contribution in [0, 0.1) is 5.92 Å². The normalized spacial score (nSPS) is 25.3. The third-order valence-electron chi connectivity index (χ3n) is 7.84. The van der Waals surface area contributed by atoms with E-state index in [1.165, 1.54) is 36.5 Å². The number of nitrogens with two attached hydrogens (primary N) is 1. The van der Waals surface area contributed by atoms with E-state index in [4.69, 9.17) is 15.7 Å². The molecule has 0 spiro atoms. The van der Waals surface area contributed by atoms with Crippen molar-refractivity contribution in [1.29, 1.82) is 0 Å².